The van der Waals surface area contributed by atoms with Crippen molar-refractivity contribution in [3.05, 3.63) is 40.3 Å². The molecule has 2 heterocycles. The molecule has 8 nitrogen and oxygen atoms in total. The van der Waals surface area contributed by atoms with Crippen LogP contribution in [0.15, 0.2) is 17.8 Å². The van der Waals surface area contributed by atoms with Gasteiger partial charge in [-0.25, -0.2) is 14.6 Å². The minimum Gasteiger partial charge on any atom is -0.462 e. The number of esters is 2. The summed E-state index contributed by atoms with van der Waals surface area (Å²) in [4.78, 5) is 44.2. The van der Waals surface area contributed by atoms with E-state index in [4.69, 9.17) is 9.47 Å². The van der Waals surface area contributed by atoms with Gasteiger partial charge in [0.15, 0.2) is 12.3 Å². The molecule has 0 bridgehead atoms. The molecule has 0 atom stereocenters. The van der Waals surface area contributed by atoms with Crippen molar-refractivity contribution in [2.75, 3.05) is 18.5 Å². The lowest BCUT2D eigenvalue weighted by molar-refractivity contribution is -0.119. The van der Waals surface area contributed by atoms with Crippen LogP contribution >= 0.6 is 11.3 Å². The first-order chi connectivity index (χ1) is 13.0. The Labute approximate surface area is 159 Å². The molecule has 0 aromatic carbocycles. The summed E-state index contributed by atoms with van der Waals surface area (Å²) in [6.07, 6.45) is 4.76. The Morgan fingerprint density at radius 3 is 2.59 bits per heavy atom. The van der Waals surface area contributed by atoms with Crippen LogP contribution in [0.1, 0.15) is 57.8 Å². The first-order valence-electron chi connectivity index (χ1n) is 8.53. The number of anilines is 1. The minimum absolute atomic E-state index is 0.0211. The van der Waals surface area contributed by atoms with Crippen molar-refractivity contribution in [3.8, 4) is 0 Å². The first kappa shape index (κ1) is 19.0. The van der Waals surface area contributed by atoms with Gasteiger partial charge in [0.25, 0.3) is 5.91 Å². The van der Waals surface area contributed by atoms with Gasteiger partial charge in [-0.1, -0.05) is 0 Å². The summed E-state index contributed by atoms with van der Waals surface area (Å²) in [5.74, 6) is -1.40. The molecule has 0 saturated heterocycles. The molecule has 0 radical (unpaired) electrons. The monoisotopic (exact) mass is 389 g/mol. The van der Waals surface area contributed by atoms with Crippen LogP contribution in [0.3, 0.4) is 0 Å². The van der Waals surface area contributed by atoms with Crippen molar-refractivity contribution < 1.29 is 23.9 Å². The topological polar surface area (TPSA) is 107 Å². The Morgan fingerprint density at radius 1 is 1.19 bits per heavy atom. The molecule has 27 heavy (non-hydrogen) atoms. The van der Waals surface area contributed by atoms with Crippen LogP contribution in [0.5, 0.6) is 0 Å². The van der Waals surface area contributed by atoms with Crippen LogP contribution in [0.2, 0.25) is 0 Å². The third-order valence-corrected chi connectivity index (χ3v) is 4.81. The molecule has 1 N–H and O–H groups in total. The van der Waals surface area contributed by atoms with Gasteiger partial charge in [0.05, 0.1) is 24.1 Å². The minimum atomic E-state index is -0.742. The predicted octanol–water partition coefficient (Wildman–Crippen LogP) is 2.70. The van der Waals surface area contributed by atoms with Crippen LogP contribution in [-0.4, -0.2) is 41.0 Å². The van der Waals surface area contributed by atoms with Crippen molar-refractivity contribution in [1.29, 1.82) is 0 Å². The summed E-state index contributed by atoms with van der Waals surface area (Å²) in [7, 11) is 0. The third-order valence-electron chi connectivity index (χ3n) is 3.89. The van der Waals surface area contributed by atoms with Gasteiger partial charge in [0.1, 0.15) is 5.00 Å². The molecular weight excluding hydrogens is 370 g/mol. The molecule has 142 valence electrons. The highest BCUT2D eigenvalue weighted by molar-refractivity contribution is 7.15. The zero-order valence-electron chi connectivity index (χ0n) is 15.0. The smallest absolute Gasteiger partial charge is 0.359 e. The molecule has 0 spiro atoms. The van der Waals surface area contributed by atoms with Gasteiger partial charge in [-0.3, -0.25) is 9.78 Å². The van der Waals surface area contributed by atoms with Gasteiger partial charge in [-0.15, -0.1) is 11.3 Å². The molecule has 0 aliphatic heterocycles. The zero-order chi connectivity index (χ0) is 19.4. The average Bonchev–Trinajstić information content (AvgIpc) is 3.41. The second kappa shape index (κ2) is 8.26. The molecular formula is C18H19N3O5S. The number of aromatic nitrogens is 2. The van der Waals surface area contributed by atoms with Crippen molar-refractivity contribution >= 4 is 34.2 Å². The fourth-order valence-electron chi connectivity index (χ4n) is 2.44. The Balaban J connectivity index is 1.63. The lowest BCUT2D eigenvalue weighted by atomic mass is 10.1. The van der Waals surface area contributed by atoms with E-state index in [0.29, 0.717) is 22.2 Å². The van der Waals surface area contributed by atoms with E-state index in [9.17, 15) is 14.4 Å². The van der Waals surface area contributed by atoms with E-state index in [-0.39, 0.29) is 12.3 Å². The number of thiophene rings is 1. The summed E-state index contributed by atoms with van der Waals surface area (Å²) in [6.45, 7) is 3.23. The zero-order valence-corrected chi connectivity index (χ0v) is 15.8. The Bertz CT molecular complexity index is 858. The normalized spacial score (nSPS) is 13.1. The van der Waals surface area contributed by atoms with Crippen molar-refractivity contribution in [1.82, 2.24) is 9.97 Å². The molecule has 1 aliphatic rings. The Kier molecular flexibility index (Phi) is 5.80. The number of carbonyl (C=O) groups is 3. The fourth-order valence-corrected chi connectivity index (χ4v) is 3.48. The maximum Gasteiger partial charge on any atom is 0.359 e. The third kappa shape index (κ3) is 4.68. The summed E-state index contributed by atoms with van der Waals surface area (Å²) >= 11 is 1.26. The highest BCUT2D eigenvalue weighted by Crippen LogP contribution is 2.46. The van der Waals surface area contributed by atoms with Gasteiger partial charge >= 0.3 is 11.9 Å². The number of carbonyl (C=O) groups excluding carboxylic acids is 3. The number of hydrogen-bond acceptors (Lipinski definition) is 8. The number of rotatable bonds is 7. The van der Waals surface area contributed by atoms with Gasteiger partial charge in [0.2, 0.25) is 0 Å². The van der Waals surface area contributed by atoms with Gasteiger partial charge in [-0.2, -0.15) is 0 Å². The number of hydrogen-bond donors (Lipinski definition) is 1. The van der Waals surface area contributed by atoms with E-state index in [1.807, 2.05) is 5.38 Å². The van der Waals surface area contributed by atoms with Crippen LogP contribution in [-0.2, 0) is 14.3 Å². The van der Waals surface area contributed by atoms with Crippen LogP contribution in [0, 0.1) is 6.92 Å². The molecule has 1 amide bonds. The van der Waals surface area contributed by atoms with E-state index >= 15 is 0 Å². The first-order valence-corrected chi connectivity index (χ1v) is 9.41. The number of nitrogens with zero attached hydrogens (tertiary/aromatic N) is 2. The fraction of sp³-hybridized carbons (Fsp3) is 0.389. The average molecular weight is 389 g/mol. The van der Waals surface area contributed by atoms with E-state index < -0.39 is 24.5 Å². The SMILES string of the molecule is CCOC(=O)c1c(C2CC2)csc1NC(=O)COC(=O)c1cnc(C)cn1. The van der Waals surface area contributed by atoms with Crippen LogP contribution in [0.25, 0.3) is 0 Å². The largest absolute Gasteiger partial charge is 0.462 e. The summed E-state index contributed by atoms with van der Waals surface area (Å²) in [6, 6.07) is 0. The molecule has 1 aliphatic carbocycles. The molecule has 1 saturated carbocycles. The van der Waals surface area contributed by atoms with Crippen LogP contribution < -0.4 is 5.32 Å². The summed E-state index contributed by atoms with van der Waals surface area (Å²) < 4.78 is 10.1. The maximum atomic E-state index is 12.3. The second-order valence-corrected chi connectivity index (χ2v) is 6.94. The second-order valence-electron chi connectivity index (χ2n) is 6.06. The van der Waals surface area contributed by atoms with Gasteiger partial charge in [-0.05, 0) is 43.6 Å². The number of aryl methyl sites for hydroxylation is 1. The highest BCUT2D eigenvalue weighted by Gasteiger charge is 2.32. The molecule has 2 aromatic rings. The molecule has 2 aromatic heterocycles. The quantitative estimate of drug-likeness (QED) is 0.725. The standard InChI is InChI=1S/C18H19N3O5S/c1-3-25-18(24)15-12(11-4-5-11)9-27-16(15)21-14(22)8-26-17(23)13-7-19-10(2)6-20-13/h6-7,9,11H,3-5,8H2,1-2H3,(H,21,22). The van der Waals surface area contributed by atoms with E-state index in [1.165, 1.54) is 23.7 Å². The summed E-state index contributed by atoms with van der Waals surface area (Å²) in [5, 5.41) is 4.91. The number of nitrogens with one attached hydrogen (secondary N) is 1. The van der Waals surface area contributed by atoms with E-state index in [1.54, 1.807) is 13.8 Å². The molecule has 9 heteroatoms. The van der Waals surface area contributed by atoms with Crippen molar-refractivity contribution in [2.45, 2.75) is 32.6 Å². The predicted molar refractivity (Wildman–Crippen MR) is 97.9 cm³/mol. The molecule has 3 rings (SSSR count). The van der Waals surface area contributed by atoms with Crippen LogP contribution in [0.4, 0.5) is 5.00 Å². The Hall–Kier alpha value is -2.81. The van der Waals surface area contributed by atoms with Crippen molar-refractivity contribution in [2.24, 2.45) is 0 Å². The lowest BCUT2D eigenvalue weighted by Crippen LogP contribution is -2.22. The van der Waals surface area contributed by atoms with E-state index in [0.717, 1.165) is 18.4 Å². The lowest BCUT2D eigenvalue weighted by Gasteiger charge is -2.08. The Morgan fingerprint density at radius 2 is 1.96 bits per heavy atom. The summed E-state index contributed by atoms with van der Waals surface area (Å²) in [5.41, 5.74) is 1.99. The number of amides is 1. The van der Waals surface area contributed by atoms with E-state index in [2.05, 4.69) is 15.3 Å². The molecule has 0 unspecified atom stereocenters. The number of ether oxygens (including phenoxy) is 2. The van der Waals surface area contributed by atoms with Crippen molar-refractivity contribution in [3.63, 3.8) is 0 Å². The molecule has 1 fully saturated rings. The maximum absolute atomic E-state index is 12.3. The van der Waals surface area contributed by atoms with Gasteiger partial charge in [0, 0.05) is 6.20 Å². The highest BCUT2D eigenvalue weighted by atomic mass is 32.1. The van der Waals surface area contributed by atoms with Gasteiger partial charge < -0.3 is 14.8 Å².